The molecule has 5 nitrogen and oxygen atoms in total. The van der Waals surface area contributed by atoms with Crippen LogP contribution in [0.2, 0.25) is 0 Å². The normalized spacial score (nSPS) is 23.1. The van der Waals surface area contributed by atoms with Gasteiger partial charge in [-0.25, -0.2) is 4.39 Å². The van der Waals surface area contributed by atoms with Gasteiger partial charge in [0.1, 0.15) is 18.2 Å². The van der Waals surface area contributed by atoms with Crippen LogP contribution in [-0.2, 0) is 28.0 Å². The third kappa shape index (κ3) is 4.60. The third-order valence-corrected chi connectivity index (χ3v) is 8.49. The molecular weight excluding hydrogens is 481 g/mol. The van der Waals surface area contributed by atoms with E-state index < -0.39 is 5.97 Å². The van der Waals surface area contributed by atoms with Crippen LogP contribution in [0.5, 0.6) is 5.75 Å². The predicted molar refractivity (Wildman–Crippen MR) is 145 cm³/mol. The number of hydrogen-bond acceptors (Lipinski definition) is 4. The molecule has 1 saturated carbocycles. The van der Waals surface area contributed by atoms with Gasteiger partial charge in [-0.1, -0.05) is 45.9 Å². The molecule has 4 atom stereocenters. The zero-order valence-corrected chi connectivity index (χ0v) is 22.8. The first-order valence-electron chi connectivity index (χ1n) is 13.3. The maximum atomic E-state index is 14.0. The number of aliphatic carboxylic acids is 1. The van der Waals surface area contributed by atoms with Gasteiger partial charge < -0.3 is 14.6 Å². The average molecular weight is 518 g/mol. The number of fused-ring (bicyclic) bond motifs is 2. The Morgan fingerprint density at radius 2 is 1.97 bits per heavy atom. The SMILES string of the molecule is CO[C@H](c1cc(COc2ccc3c(c2)[C@@]2(CCC3)[C@H](C(=O)O)[C@@H]2C)ccc1-c1cncc(F)c1)C(C)(C)C. The van der Waals surface area contributed by atoms with Crippen molar-refractivity contribution < 1.29 is 23.8 Å². The molecule has 0 radical (unpaired) electrons. The highest BCUT2D eigenvalue weighted by atomic mass is 19.1. The van der Waals surface area contributed by atoms with Crippen LogP contribution in [0.1, 0.15) is 68.9 Å². The van der Waals surface area contributed by atoms with Crippen molar-refractivity contribution in [2.75, 3.05) is 7.11 Å². The Morgan fingerprint density at radius 3 is 2.63 bits per heavy atom. The van der Waals surface area contributed by atoms with Gasteiger partial charge in [0.05, 0.1) is 18.2 Å². The van der Waals surface area contributed by atoms with Crippen LogP contribution in [0.3, 0.4) is 0 Å². The van der Waals surface area contributed by atoms with E-state index in [4.69, 9.17) is 9.47 Å². The van der Waals surface area contributed by atoms with Crippen molar-refractivity contribution in [2.24, 2.45) is 17.3 Å². The van der Waals surface area contributed by atoms with Crippen LogP contribution in [0, 0.1) is 23.1 Å². The van der Waals surface area contributed by atoms with Crippen LogP contribution in [0.4, 0.5) is 4.39 Å². The molecule has 1 spiro atoms. The summed E-state index contributed by atoms with van der Waals surface area (Å²) in [7, 11) is 1.69. The van der Waals surface area contributed by atoms with E-state index in [9.17, 15) is 14.3 Å². The standard InChI is InChI=1S/C32H36FNO4/c1-19-28(30(35)36)32(19)12-6-7-21-9-10-24(15-27(21)32)38-18-20-8-11-25(22-14-23(33)17-34-16-22)26(13-20)29(37-5)31(2,3)4/h8-11,13-17,19,28-29H,6-7,12,18H2,1-5H3,(H,35,36)/t19-,28-,29+,32-/m0/s1. The molecule has 0 aliphatic heterocycles. The smallest absolute Gasteiger partial charge is 0.307 e. The Balaban J connectivity index is 1.45. The molecule has 0 unspecified atom stereocenters. The van der Waals surface area contributed by atoms with Crippen molar-refractivity contribution in [3.05, 3.63) is 82.9 Å². The van der Waals surface area contributed by atoms with Crippen molar-refractivity contribution in [3.8, 4) is 16.9 Å². The van der Waals surface area contributed by atoms with Crippen molar-refractivity contribution in [1.82, 2.24) is 4.98 Å². The summed E-state index contributed by atoms with van der Waals surface area (Å²) in [5.74, 6) is -0.541. The number of ether oxygens (including phenoxy) is 2. The summed E-state index contributed by atoms with van der Waals surface area (Å²) in [6.07, 6.45) is 5.54. The number of halogens is 1. The highest BCUT2D eigenvalue weighted by Crippen LogP contribution is 2.65. The number of nitrogens with zero attached hydrogens (tertiary/aromatic N) is 1. The summed E-state index contributed by atoms with van der Waals surface area (Å²) in [5.41, 5.74) is 5.41. The Kier molecular flexibility index (Phi) is 6.80. The zero-order valence-electron chi connectivity index (χ0n) is 22.8. The van der Waals surface area contributed by atoms with E-state index in [0.717, 1.165) is 47.3 Å². The molecule has 0 bridgehead atoms. The van der Waals surface area contributed by atoms with Crippen molar-refractivity contribution >= 4 is 5.97 Å². The Labute approximate surface area is 224 Å². The number of carboxylic acids is 1. The fourth-order valence-electron chi connectivity index (χ4n) is 6.72. The molecule has 5 rings (SSSR count). The summed E-state index contributed by atoms with van der Waals surface area (Å²) in [4.78, 5) is 16.0. The van der Waals surface area contributed by atoms with Crippen LogP contribution >= 0.6 is 0 Å². The molecule has 38 heavy (non-hydrogen) atoms. The topological polar surface area (TPSA) is 68.7 Å². The van der Waals surface area contributed by atoms with Crippen LogP contribution in [0.15, 0.2) is 54.9 Å². The second-order valence-electron chi connectivity index (χ2n) is 11.9. The van der Waals surface area contributed by atoms with Crippen molar-refractivity contribution in [2.45, 2.75) is 65.1 Å². The molecule has 6 heteroatoms. The number of carboxylic acid groups (broad SMARTS) is 1. The average Bonchev–Trinajstić information content (AvgIpc) is 3.46. The molecule has 3 aromatic rings. The van der Waals surface area contributed by atoms with E-state index in [1.165, 1.54) is 17.8 Å². The van der Waals surface area contributed by atoms with E-state index >= 15 is 0 Å². The van der Waals surface area contributed by atoms with Gasteiger partial charge >= 0.3 is 5.97 Å². The van der Waals surface area contributed by atoms with Crippen LogP contribution in [0.25, 0.3) is 11.1 Å². The molecule has 2 aliphatic carbocycles. The minimum absolute atomic E-state index is 0.130. The van der Waals surface area contributed by atoms with Gasteiger partial charge in [0.25, 0.3) is 0 Å². The molecule has 0 amide bonds. The largest absolute Gasteiger partial charge is 0.489 e. The van der Waals surface area contributed by atoms with Crippen molar-refractivity contribution in [3.63, 3.8) is 0 Å². The Hall–Kier alpha value is -3.25. The third-order valence-electron chi connectivity index (χ3n) is 8.49. The number of pyridine rings is 1. The highest BCUT2D eigenvalue weighted by Gasteiger charge is 2.67. The molecule has 1 fully saturated rings. The number of carbonyl (C=O) groups is 1. The molecule has 1 N–H and O–H groups in total. The first-order chi connectivity index (χ1) is 18.1. The number of hydrogen-bond donors (Lipinski definition) is 1. The van der Waals surface area contributed by atoms with Gasteiger partial charge in [-0.05, 0) is 82.7 Å². The summed E-state index contributed by atoms with van der Waals surface area (Å²) in [6.45, 7) is 8.75. The van der Waals surface area contributed by atoms with Gasteiger partial charge in [0.2, 0.25) is 0 Å². The number of rotatable bonds is 7. The molecule has 200 valence electrons. The second-order valence-corrected chi connectivity index (χ2v) is 11.9. The first-order valence-corrected chi connectivity index (χ1v) is 13.3. The van der Waals surface area contributed by atoms with E-state index in [2.05, 4.69) is 50.9 Å². The lowest BCUT2D eigenvalue weighted by molar-refractivity contribution is -0.139. The van der Waals surface area contributed by atoms with Gasteiger partial charge in [-0.15, -0.1) is 0 Å². The van der Waals surface area contributed by atoms with E-state index in [-0.39, 0.29) is 34.6 Å². The fraction of sp³-hybridized carbons (Fsp3) is 0.438. The van der Waals surface area contributed by atoms with E-state index in [0.29, 0.717) is 12.2 Å². The Bertz CT molecular complexity index is 1360. The molecule has 2 aromatic carbocycles. The molecule has 0 saturated heterocycles. The number of aromatic nitrogens is 1. The molecular formula is C32H36FNO4. The van der Waals surface area contributed by atoms with Gasteiger partial charge in [0.15, 0.2) is 0 Å². The number of methoxy groups -OCH3 is 1. The van der Waals surface area contributed by atoms with Crippen LogP contribution < -0.4 is 4.74 Å². The monoisotopic (exact) mass is 517 g/mol. The quantitative estimate of drug-likeness (QED) is 0.361. The fourth-order valence-corrected chi connectivity index (χ4v) is 6.72. The van der Waals surface area contributed by atoms with Crippen molar-refractivity contribution in [1.29, 1.82) is 0 Å². The van der Waals surface area contributed by atoms with E-state index in [1.54, 1.807) is 13.3 Å². The van der Waals surface area contributed by atoms with Gasteiger partial charge in [-0.3, -0.25) is 9.78 Å². The lowest BCUT2D eigenvalue weighted by Crippen LogP contribution is -2.22. The van der Waals surface area contributed by atoms with E-state index in [1.807, 2.05) is 18.2 Å². The molecule has 2 aliphatic rings. The minimum atomic E-state index is -0.704. The second kappa shape index (κ2) is 9.81. The molecule has 1 aromatic heterocycles. The number of aryl methyl sites for hydroxylation is 1. The van der Waals surface area contributed by atoms with Crippen LogP contribution in [-0.4, -0.2) is 23.2 Å². The Morgan fingerprint density at radius 1 is 1.18 bits per heavy atom. The minimum Gasteiger partial charge on any atom is -0.489 e. The van der Waals surface area contributed by atoms with Gasteiger partial charge in [0, 0.05) is 24.3 Å². The first kappa shape index (κ1) is 26.4. The molecule has 1 heterocycles. The lowest BCUT2D eigenvalue weighted by atomic mass is 9.77. The summed E-state index contributed by atoms with van der Waals surface area (Å²) < 4.78 is 26.2. The summed E-state index contributed by atoms with van der Waals surface area (Å²) in [5, 5.41) is 9.79. The van der Waals surface area contributed by atoms with Gasteiger partial charge in [-0.2, -0.15) is 0 Å². The predicted octanol–water partition coefficient (Wildman–Crippen LogP) is 7.12. The summed E-state index contributed by atoms with van der Waals surface area (Å²) >= 11 is 0. The summed E-state index contributed by atoms with van der Waals surface area (Å²) in [6, 6.07) is 13.7. The maximum Gasteiger partial charge on any atom is 0.307 e. The zero-order chi connectivity index (χ0) is 27.2. The maximum absolute atomic E-state index is 14.0. The highest BCUT2D eigenvalue weighted by molar-refractivity contribution is 5.79. The lowest BCUT2D eigenvalue weighted by Gasteiger charge is -2.31. The number of benzene rings is 2.